The van der Waals surface area contributed by atoms with Crippen LogP contribution >= 0.6 is 11.3 Å². The maximum atomic E-state index is 11.8. The van der Waals surface area contributed by atoms with Crippen molar-refractivity contribution in [2.45, 2.75) is 13.8 Å². The van der Waals surface area contributed by atoms with E-state index in [9.17, 15) is 4.79 Å². The molecule has 0 bridgehead atoms. The summed E-state index contributed by atoms with van der Waals surface area (Å²) >= 11 is 1.47. The first-order chi connectivity index (χ1) is 8.16. The van der Waals surface area contributed by atoms with Crippen LogP contribution in [0.25, 0.3) is 10.1 Å². The number of rotatable bonds is 3. The number of ether oxygens (including phenoxy) is 1. The SMILES string of the molecule is CC(C)=CCOC(=O)c1cc2ccccc2s1. The lowest BCUT2D eigenvalue weighted by Gasteiger charge is -1.98. The highest BCUT2D eigenvalue weighted by Gasteiger charge is 2.10. The lowest BCUT2D eigenvalue weighted by molar-refractivity contribution is 0.0555. The Balaban J connectivity index is 2.11. The van der Waals surface area contributed by atoms with Gasteiger partial charge < -0.3 is 4.74 Å². The fourth-order valence-corrected chi connectivity index (χ4v) is 2.39. The number of hydrogen-bond acceptors (Lipinski definition) is 3. The van der Waals surface area contributed by atoms with Gasteiger partial charge in [0.05, 0.1) is 0 Å². The zero-order valence-corrected chi connectivity index (χ0v) is 10.7. The van der Waals surface area contributed by atoms with Crippen LogP contribution in [0.4, 0.5) is 0 Å². The summed E-state index contributed by atoms with van der Waals surface area (Å²) < 4.78 is 6.28. The molecule has 0 saturated heterocycles. The summed E-state index contributed by atoms with van der Waals surface area (Å²) in [6, 6.07) is 9.82. The number of allylic oxidation sites excluding steroid dienone is 1. The molecule has 0 aliphatic heterocycles. The smallest absolute Gasteiger partial charge is 0.348 e. The van der Waals surface area contributed by atoms with E-state index in [4.69, 9.17) is 4.74 Å². The van der Waals surface area contributed by atoms with Crippen LogP contribution in [0.2, 0.25) is 0 Å². The summed E-state index contributed by atoms with van der Waals surface area (Å²) in [5.74, 6) is -0.247. The predicted octanol–water partition coefficient (Wildman–Crippen LogP) is 4.02. The molecule has 0 spiro atoms. The molecule has 0 amide bonds. The fraction of sp³-hybridized carbons (Fsp3) is 0.214. The Labute approximate surface area is 105 Å². The average molecular weight is 246 g/mol. The van der Waals surface area contributed by atoms with Gasteiger partial charge in [-0.15, -0.1) is 11.3 Å². The molecule has 17 heavy (non-hydrogen) atoms. The Hall–Kier alpha value is -1.61. The van der Waals surface area contributed by atoms with Crippen LogP contribution in [-0.4, -0.2) is 12.6 Å². The van der Waals surface area contributed by atoms with Crippen molar-refractivity contribution in [1.82, 2.24) is 0 Å². The minimum absolute atomic E-state index is 0.247. The van der Waals surface area contributed by atoms with Gasteiger partial charge in [0.15, 0.2) is 0 Å². The van der Waals surface area contributed by atoms with E-state index in [1.807, 2.05) is 50.3 Å². The van der Waals surface area contributed by atoms with Gasteiger partial charge in [-0.05, 0) is 37.4 Å². The highest BCUT2D eigenvalue weighted by atomic mass is 32.1. The molecule has 0 radical (unpaired) electrons. The van der Waals surface area contributed by atoms with E-state index in [-0.39, 0.29) is 5.97 Å². The van der Waals surface area contributed by atoms with Crippen molar-refractivity contribution >= 4 is 27.4 Å². The molecule has 0 atom stereocenters. The Bertz CT molecular complexity index is 529. The summed E-state index contributed by atoms with van der Waals surface area (Å²) in [6.07, 6.45) is 1.89. The second-order valence-electron chi connectivity index (χ2n) is 4.03. The van der Waals surface area contributed by atoms with E-state index >= 15 is 0 Å². The lowest BCUT2D eigenvalue weighted by Crippen LogP contribution is -2.02. The minimum atomic E-state index is -0.247. The average Bonchev–Trinajstić information content (AvgIpc) is 2.71. The van der Waals surface area contributed by atoms with Gasteiger partial charge >= 0.3 is 5.97 Å². The first-order valence-corrected chi connectivity index (χ1v) is 6.27. The third-order valence-corrected chi connectivity index (χ3v) is 3.43. The Kier molecular flexibility index (Phi) is 3.59. The van der Waals surface area contributed by atoms with Gasteiger partial charge in [-0.25, -0.2) is 4.79 Å². The van der Waals surface area contributed by atoms with E-state index < -0.39 is 0 Å². The Morgan fingerprint density at radius 2 is 2.12 bits per heavy atom. The van der Waals surface area contributed by atoms with E-state index in [1.54, 1.807) is 0 Å². The molecule has 0 aliphatic carbocycles. The number of benzene rings is 1. The third-order valence-electron chi connectivity index (χ3n) is 2.33. The molecule has 2 rings (SSSR count). The van der Waals surface area contributed by atoms with Crippen LogP contribution in [-0.2, 0) is 4.74 Å². The van der Waals surface area contributed by atoms with E-state index in [0.29, 0.717) is 11.5 Å². The van der Waals surface area contributed by atoms with Crippen molar-refractivity contribution in [3.63, 3.8) is 0 Å². The van der Waals surface area contributed by atoms with Crippen LogP contribution in [0, 0.1) is 0 Å². The van der Waals surface area contributed by atoms with E-state index in [1.165, 1.54) is 11.3 Å². The van der Waals surface area contributed by atoms with Gasteiger partial charge in [0, 0.05) is 4.70 Å². The highest BCUT2D eigenvalue weighted by Crippen LogP contribution is 2.25. The quantitative estimate of drug-likeness (QED) is 0.604. The first-order valence-electron chi connectivity index (χ1n) is 5.46. The van der Waals surface area contributed by atoms with Crippen LogP contribution in [0.3, 0.4) is 0 Å². The largest absolute Gasteiger partial charge is 0.457 e. The van der Waals surface area contributed by atoms with Crippen molar-refractivity contribution < 1.29 is 9.53 Å². The molecule has 0 N–H and O–H groups in total. The molecule has 0 saturated carbocycles. The van der Waals surface area contributed by atoms with Crippen molar-refractivity contribution in [1.29, 1.82) is 0 Å². The van der Waals surface area contributed by atoms with E-state index in [0.717, 1.165) is 15.7 Å². The molecule has 2 aromatic rings. The van der Waals surface area contributed by atoms with Gasteiger partial charge in [-0.1, -0.05) is 23.8 Å². The fourth-order valence-electron chi connectivity index (χ4n) is 1.44. The summed E-state index contributed by atoms with van der Waals surface area (Å²) in [5.41, 5.74) is 1.15. The molecule has 0 fully saturated rings. The zero-order chi connectivity index (χ0) is 12.3. The van der Waals surface area contributed by atoms with Crippen molar-refractivity contribution in [2.75, 3.05) is 6.61 Å². The van der Waals surface area contributed by atoms with Crippen molar-refractivity contribution in [2.24, 2.45) is 0 Å². The van der Waals surface area contributed by atoms with Gasteiger partial charge in [0.2, 0.25) is 0 Å². The Morgan fingerprint density at radius 1 is 1.35 bits per heavy atom. The minimum Gasteiger partial charge on any atom is -0.457 e. The van der Waals surface area contributed by atoms with Crippen LogP contribution in [0.1, 0.15) is 23.5 Å². The van der Waals surface area contributed by atoms with Crippen molar-refractivity contribution in [3.05, 3.63) is 46.9 Å². The van der Waals surface area contributed by atoms with Gasteiger partial charge in [0.1, 0.15) is 11.5 Å². The molecule has 1 aromatic carbocycles. The molecule has 1 heterocycles. The lowest BCUT2D eigenvalue weighted by atomic mass is 10.2. The number of carbonyl (C=O) groups is 1. The molecule has 0 unspecified atom stereocenters. The molecule has 2 nitrogen and oxygen atoms in total. The number of fused-ring (bicyclic) bond motifs is 1. The number of esters is 1. The second-order valence-corrected chi connectivity index (χ2v) is 5.11. The Morgan fingerprint density at radius 3 is 2.82 bits per heavy atom. The van der Waals surface area contributed by atoms with E-state index in [2.05, 4.69) is 0 Å². The number of hydrogen-bond donors (Lipinski definition) is 0. The van der Waals surface area contributed by atoms with Gasteiger partial charge in [0.25, 0.3) is 0 Å². The maximum absolute atomic E-state index is 11.8. The van der Waals surface area contributed by atoms with Crippen LogP contribution in [0.5, 0.6) is 0 Å². The highest BCUT2D eigenvalue weighted by molar-refractivity contribution is 7.20. The number of carbonyl (C=O) groups excluding carboxylic acids is 1. The molecule has 1 aromatic heterocycles. The normalized spacial score (nSPS) is 10.2. The van der Waals surface area contributed by atoms with Crippen molar-refractivity contribution in [3.8, 4) is 0 Å². The summed E-state index contributed by atoms with van der Waals surface area (Å²) in [5, 5.41) is 1.09. The predicted molar refractivity (Wildman–Crippen MR) is 71.5 cm³/mol. The zero-order valence-electron chi connectivity index (χ0n) is 9.90. The standard InChI is InChI=1S/C14H14O2S/c1-10(2)7-8-16-14(15)13-9-11-5-3-4-6-12(11)17-13/h3-7,9H,8H2,1-2H3. The topological polar surface area (TPSA) is 26.3 Å². The molecular weight excluding hydrogens is 232 g/mol. The second kappa shape index (κ2) is 5.15. The van der Waals surface area contributed by atoms with Gasteiger partial charge in [-0.2, -0.15) is 0 Å². The van der Waals surface area contributed by atoms with Gasteiger partial charge in [-0.3, -0.25) is 0 Å². The first kappa shape index (κ1) is 11.9. The molecule has 0 aliphatic rings. The third kappa shape index (κ3) is 2.94. The summed E-state index contributed by atoms with van der Waals surface area (Å²) in [4.78, 5) is 12.4. The molecule has 3 heteroatoms. The summed E-state index contributed by atoms with van der Waals surface area (Å²) in [7, 11) is 0. The molecule has 88 valence electrons. The van der Waals surface area contributed by atoms with Crippen LogP contribution in [0.15, 0.2) is 42.0 Å². The summed E-state index contributed by atoms with van der Waals surface area (Å²) in [6.45, 7) is 4.30. The monoisotopic (exact) mass is 246 g/mol. The number of thiophene rings is 1. The molecular formula is C14H14O2S. The van der Waals surface area contributed by atoms with Crippen LogP contribution < -0.4 is 0 Å². The maximum Gasteiger partial charge on any atom is 0.348 e.